The molecule has 0 bridgehead atoms. The Bertz CT molecular complexity index is 871. The second-order valence-electron chi connectivity index (χ2n) is 6.54. The average Bonchev–Trinajstić information content (AvgIpc) is 2.94. The molecule has 2 aromatic carbocycles. The molecule has 0 aromatic heterocycles. The average molecular weight is 355 g/mol. The first-order valence-corrected chi connectivity index (χ1v) is 8.74. The molecule has 2 aliphatic rings. The van der Waals surface area contributed by atoms with E-state index in [1.165, 1.54) is 0 Å². The van der Waals surface area contributed by atoms with Gasteiger partial charge in [-0.25, -0.2) is 0 Å². The summed E-state index contributed by atoms with van der Waals surface area (Å²) in [6.45, 7) is 0. The molecule has 128 valence electrons. The molecule has 2 aliphatic carbocycles. The molecule has 25 heavy (non-hydrogen) atoms. The van der Waals surface area contributed by atoms with Crippen molar-refractivity contribution in [2.24, 2.45) is 5.92 Å². The summed E-state index contributed by atoms with van der Waals surface area (Å²) in [6, 6.07) is 11.6. The molecule has 0 radical (unpaired) electrons. The van der Waals surface area contributed by atoms with Gasteiger partial charge in [0.1, 0.15) is 11.5 Å². The maximum absolute atomic E-state index is 13.3. The molecule has 4 rings (SSSR count). The summed E-state index contributed by atoms with van der Waals surface area (Å²) in [4.78, 5) is 13.3. The highest BCUT2D eigenvalue weighted by atomic mass is 35.5. The summed E-state index contributed by atoms with van der Waals surface area (Å²) in [5, 5.41) is 0.700. The Labute approximate surface area is 152 Å². The van der Waals surface area contributed by atoms with Crippen LogP contribution < -0.4 is 9.47 Å². The lowest BCUT2D eigenvalue weighted by atomic mass is 9.73. The third-order valence-corrected chi connectivity index (χ3v) is 5.54. The molecule has 0 unspecified atom stereocenters. The van der Waals surface area contributed by atoms with Gasteiger partial charge in [0.2, 0.25) is 0 Å². The number of ketones is 1. The minimum absolute atomic E-state index is 0.0456. The van der Waals surface area contributed by atoms with E-state index in [2.05, 4.69) is 18.2 Å². The van der Waals surface area contributed by atoms with Crippen LogP contribution in [0.15, 0.2) is 48.6 Å². The highest BCUT2D eigenvalue weighted by molar-refractivity contribution is 6.30. The fourth-order valence-electron chi connectivity index (χ4n) is 4.19. The third-order valence-electron chi connectivity index (χ3n) is 5.30. The van der Waals surface area contributed by atoms with Crippen LogP contribution in [0.4, 0.5) is 0 Å². The van der Waals surface area contributed by atoms with Crippen LogP contribution in [0.3, 0.4) is 0 Å². The highest BCUT2D eigenvalue weighted by Gasteiger charge is 2.46. The number of Topliss-reactive ketones (excluding diaryl/α,β-unsaturated/α-hetero) is 1. The number of rotatable bonds is 3. The second kappa shape index (κ2) is 6.23. The molecular weight excluding hydrogens is 336 g/mol. The van der Waals surface area contributed by atoms with Gasteiger partial charge in [-0.15, -0.1) is 0 Å². The maximum atomic E-state index is 13.3. The number of hydrogen-bond donors (Lipinski definition) is 0. The molecule has 2 aromatic rings. The van der Waals surface area contributed by atoms with E-state index in [0.29, 0.717) is 22.1 Å². The SMILES string of the molecule is COc1cc(OC)c2c(c1)[C@H]1C=CC[C@H](c3cccc(Cl)c3)[C@H]1C2=O. The lowest BCUT2D eigenvalue weighted by Gasteiger charge is -2.29. The van der Waals surface area contributed by atoms with E-state index < -0.39 is 0 Å². The van der Waals surface area contributed by atoms with Crippen molar-refractivity contribution in [2.75, 3.05) is 14.2 Å². The zero-order valence-corrected chi connectivity index (χ0v) is 14.9. The van der Waals surface area contributed by atoms with Gasteiger partial charge < -0.3 is 9.47 Å². The topological polar surface area (TPSA) is 35.5 Å². The van der Waals surface area contributed by atoms with Gasteiger partial charge in [0.05, 0.1) is 19.8 Å². The van der Waals surface area contributed by atoms with E-state index in [1.54, 1.807) is 20.3 Å². The minimum Gasteiger partial charge on any atom is -0.497 e. The van der Waals surface area contributed by atoms with Crippen molar-refractivity contribution in [3.63, 3.8) is 0 Å². The van der Waals surface area contributed by atoms with Crippen LogP contribution in [0.1, 0.15) is 39.7 Å². The Balaban J connectivity index is 1.84. The van der Waals surface area contributed by atoms with Gasteiger partial charge in [0.15, 0.2) is 5.78 Å². The molecule has 3 nitrogen and oxygen atoms in total. The number of ether oxygens (including phenoxy) is 2. The summed E-state index contributed by atoms with van der Waals surface area (Å²) >= 11 is 6.18. The van der Waals surface area contributed by atoms with Crippen LogP contribution in [0.2, 0.25) is 5.02 Å². The van der Waals surface area contributed by atoms with Crippen LogP contribution in [0, 0.1) is 5.92 Å². The predicted octanol–water partition coefficient (Wildman–Crippen LogP) is 5.00. The first kappa shape index (κ1) is 16.2. The Kier molecular flexibility index (Phi) is 4.04. The van der Waals surface area contributed by atoms with E-state index in [-0.39, 0.29) is 23.5 Å². The lowest BCUT2D eigenvalue weighted by Crippen LogP contribution is -2.24. The summed E-state index contributed by atoms with van der Waals surface area (Å²) in [5.41, 5.74) is 2.80. The summed E-state index contributed by atoms with van der Waals surface area (Å²) in [7, 11) is 3.22. The van der Waals surface area contributed by atoms with Crippen molar-refractivity contribution in [2.45, 2.75) is 18.3 Å². The third kappa shape index (κ3) is 2.54. The zero-order chi connectivity index (χ0) is 17.6. The first-order valence-electron chi connectivity index (χ1n) is 8.36. The van der Waals surface area contributed by atoms with E-state index in [1.807, 2.05) is 24.3 Å². The molecule has 0 saturated carbocycles. The van der Waals surface area contributed by atoms with E-state index in [9.17, 15) is 4.79 Å². The Hall–Kier alpha value is -2.26. The fourth-order valence-corrected chi connectivity index (χ4v) is 4.39. The molecule has 0 amide bonds. The number of halogens is 1. The molecular formula is C21H19ClO3. The quantitative estimate of drug-likeness (QED) is 0.728. The molecule has 0 spiro atoms. The predicted molar refractivity (Wildman–Crippen MR) is 98.1 cm³/mol. The molecule has 0 aliphatic heterocycles. The number of allylic oxidation sites excluding steroid dienone is 2. The van der Waals surface area contributed by atoms with Gasteiger partial charge in [-0.3, -0.25) is 4.79 Å². The largest absolute Gasteiger partial charge is 0.497 e. The molecule has 0 fully saturated rings. The normalized spacial score (nSPS) is 24.0. The molecule has 0 saturated heterocycles. The number of methoxy groups -OCH3 is 2. The van der Waals surface area contributed by atoms with Crippen LogP contribution in [0.25, 0.3) is 0 Å². The Morgan fingerprint density at radius 3 is 2.68 bits per heavy atom. The van der Waals surface area contributed by atoms with Crippen molar-refractivity contribution in [3.05, 3.63) is 70.3 Å². The van der Waals surface area contributed by atoms with Crippen LogP contribution in [0.5, 0.6) is 11.5 Å². The van der Waals surface area contributed by atoms with Gasteiger partial charge in [-0.1, -0.05) is 35.9 Å². The molecule has 4 heteroatoms. The van der Waals surface area contributed by atoms with Crippen molar-refractivity contribution in [3.8, 4) is 11.5 Å². The second-order valence-corrected chi connectivity index (χ2v) is 6.97. The minimum atomic E-state index is -0.125. The van der Waals surface area contributed by atoms with Gasteiger partial charge in [-0.05, 0) is 41.7 Å². The molecule has 0 N–H and O–H groups in total. The Morgan fingerprint density at radius 2 is 1.96 bits per heavy atom. The summed E-state index contributed by atoms with van der Waals surface area (Å²) < 4.78 is 10.9. The smallest absolute Gasteiger partial charge is 0.171 e. The van der Waals surface area contributed by atoms with Gasteiger partial charge >= 0.3 is 0 Å². The highest BCUT2D eigenvalue weighted by Crippen LogP contribution is 2.53. The number of carbonyl (C=O) groups excluding carboxylic acids is 1. The van der Waals surface area contributed by atoms with Gasteiger partial charge in [-0.2, -0.15) is 0 Å². The number of hydrogen-bond acceptors (Lipinski definition) is 3. The first-order chi connectivity index (χ1) is 12.1. The van der Waals surface area contributed by atoms with Gasteiger partial charge in [0, 0.05) is 22.9 Å². The number of fused-ring (bicyclic) bond motifs is 3. The van der Waals surface area contributed by atoms with Crippen molar-refractivity contribution in [1.82, 2.24) is 0 Å². The van der Waals surface area contributed by atoms with E-state index in [0.717, 1.165) is 17.5 Å². The van der Waals surface area contributed by atoms with Crippen LogP contribution in [-0.4, -0.2) is 20.0 Å². The zero-order valence-electron chi connectivity index (χ0n) is 14.2. The van der Waals surface area contributed by atoms with Crippen LogP contribution in [-0.2, 0) is 0 Å². The van der Waals surface area contributed by atoms with Crippen molar-refractivity contribution >= 4 is 17.4 Å². The fraction of sp³-hybridized carbons (Fsp3) is 0.286. The monoisotopic (exact) mass is 354 g/mol. The standard InChI is InChI=1S/C21H19ClO3/c1-24-14-10-17-16-8-4-7-15(12-5-3-6-13(22)9-12)19(16)21(23)20(17)18(11-14)25-2/h3-6,8-11,15-16,19H,7H2,1-2H3/t15-,16-,19-/m1/s1. The number of carbonyl (C=O) groups is 1. The summed E-state index contributed by atoms with van der Waals surface area (Å²) in [6.07, 6.45) is 5.15. The summed E-state index contributed by atoms with van der Waals surface area (Å²) in [5.74, 6) is 1.48. The van der Waals surface area contributed by atoms with Crippen LogP contribution >= 0.6 is 11.6 Å². The Morgan fingerprint density at radius 1 is 1.12 bits per heavy atom. The molecule has 3 atom stereocenters. The van der Waals surface area contributed by atoms with Gasteiger partial charge in [0.25, 0.3) is 0 Å². The van der Waals surface area contributed by atoms with E-state index >= 15 is 0 Å². The lowest BCUT2D eigenvalue weighted by molar-refractivity contribution is 0.0904. The number of benzene rings is 2. The van der Waals surface area contributed by atoms with Crippen molar-refractivity contribution in [1.29, 1.82) is 0 Å². The van der Waals surface area contributed by atoms with Crippen molar-refractivity contribution < 1.29 is 14.3 Å². The molecule has 0 heterocycles. The van der Waals surface area contributed by atoms with E-state index in [4.69, 9.17) is 21.1 Å². The maximum Gasteiger partial charge on any atom is 0.171 e.